The van der Waals surface area contributed by atoms with E-state index in [0.29, 0.717) is 24.5 Å². The molecule has 1 saturated heterocycles. The second-order valence-corrected chi connectivity index (χ2v) is 5.17. The normalized spacial score (nSPS) is 18.3. The maximum atomic E-state index is 12.3. The predicted octanol–water partition coefficient (Wildman–Crippen LogP) is 1.88. The van der Waals surface area contributed by atoms with Crippen LogP contribution in [0.15, 0.2) is 18.2 Å². The summed E-state index contributed by atoms with van der Waals surface area (Å²) >= 11 is 0. The summed E-state index contributed by atoms with van der Waals surface area (Å²) in [4.78, 5) is 12.3. The monoisotopic (exact) mass is 248 g/mol. The molecule has 0 bridgehead atoms. The molecule has 0 radical (unpaired) electrons. The molecule has 2 rings (SSSR count). The van der Waals surface area contributed by atoms with E-state index < -0.39 is 0 Å². The molecule has 1 aromatic carbocycles. The number of hydrogen-bond acceptors (Lipinski definition) is 3. The van der Waals surface area contributed by atoms with E-state index in [2.05, 4.69) is 12.2 Å². The molecule has 98 valence electrons. The summed E-state index contributed by atoms with van der Waals surface area (Å²) in [5.74, 6) is -0.0880. The van der Waals surface area contributed by atoms with Gasteiger partial charge in [-0.25, -0.2) is 0 Å². The fourth-order valence-corrected chi connectivity index (χ4v) is 2.28. The third-order valence-corrected chi connectivity index (χ3v) is 3.54. The van der Waals surface area contributed by atoms with E-state index in [1.807, 2.05) is 19.1 Å². The predicted molar refractivity (Wildman–Crippen MR) is 71.5 cm³/mol. The minimum absolute atomic E-state index is 0.0880. The number of aryl methyl sites for hydroxylation is 1. The number of rotatable bonds is 2. The Hall–Kier alpha value is -1.55. The smallest absolute Gasteiger partial charge is 0.254 e. The Balaban J connectivity index is 2.17. The fraction of sp³-hybridized carbons (Fsp3) is 0.500. The largest absolute Gasteiger partial charge is 0.398 e. The Morgan fingerprint density at radius 1 is 1.39 bits per heavy atom. The lowest BCUT2D eigenvalue weighted by atomic mass is 9.91. The highest BCUT2D eigenvalue weighted by Gasteiger charge is 2.30. The van der Waals surface area contributed by atoms with Crippen molar-refractivity contribution in [2.75, 3.05) is 18.9 Å². The van der Waals surface area contributed by atoms with Crippen LogP contribution in [-0.4, -0.2) is 24.7 Å². The van der Waals surface area contributed by atoms with Gasteiger partial charge in [0.05, 0.1) is 5.56 Å². The van der Waals surface area contributed by atoms with Crippen molar-refractivity contribution in [3.63, 3.8) is 0 Å². The first kappa shape index (κ1) is 12.9. The van der Waals surface area contributed by atoms with E-state index in [4.69, 9.17) is 10.5 Å². The highest BCUT2D eigenvalue weighted by molar-refractivity contribution is 6.00. The van der Waals surface area contributed by atoms with Crippen LogP contribution in [0, 0.1) is 6.92 Å². The maximum Gasteiger partial charge on any atom is 0.254 e. The number of carbonyl (C=O) groups excluding carboxylic acids is 1. The minimum atomic E-state index is -0.190. The van der Waals surface area contributed by atoms with Crippen LogP contribution in [0.25, 0.3) is 0 Å². The fourth-order valence-electron chi connectivity index (χ4n) is 2.28. The number of nitrogens with one attached hydrogen (secondary N) is 1. The molecule has 4 nitrogen and oxygen atoms in total. The van der Waals surface area contributed by atoms with Gasteiger partial charge in [0.15, 0.2) is 0 Å². The average Bonchev–Trinajstić information content (AvgIpc) is 2.28. The van der Waals surface area contributed by atoms with Gasteiger partial charge in [-0.3, -0.25) is 4.79 Å². The highest BCUT2D eigenvalue weighted by atomic mass is 16.5. The molecule has 1 aliphatic heterocycles. The number of nitrogen functional groups attached to an aromatic ring is 1. The number of hydrogen-bond donors (Lipinski definition) is 2. The molecular formula is C14H20N2O2. The quantitative estimate of drug-likeness (QED) is 0.785. The van der Waals surface area contributed by atoms with Gasteiger partial charge in [-0.2, -0.15) is 0 Å². The molecular weight excluding hydrogens is 228 g/mol. The molecule has 0 spiro atoms. The number of benzene rings is 1. The van der Waals surface area contributed by atoms with E-state index in [0.717, 1.165) is 18.4 Å². The summed E-state index contributed by atoms with van der Waals surface area (Å²) in [5.41, 5.74) is 7.72. The van der Waals surface area contributed by atoms with Gasteiger partial charge in [0.25, 0.3) is 5.91 Å². The van der Waals surface area contributed by atoms with Crippen molar-refractivity contribution in [1.29, 1.82) is 0 Å². The summed E-state index contributed by atoms with van der Waals surface area (Å²) in [7, 11) is 0. The van der Waals surface area contributed by atoms with E-state index in [1.165, 1.54) is 0 Å². The van der Waals surface area contributed by atoms with Crippen LogP contribution in [-0.2, 0) is 4.74 Å². The molecule has 1 aliphatic rings. The topological polar surface area (TPSA) is 64.4 Å². The number of amides is 1. The number of nitrogens with two attached hydrogens (primary N) is 1. The van der Waals surface area contributed by atoms with Gasteiger partial charge < -0.3 is 15.8 Å². The van der Waals surface area contributed by atoms with Gasteiger partial charge >= 0.3 is 0 Å². The van der Waals surface area contributed by atoms with Crippen LogP contribution in [0.4, 0.5) is 5.69 Å². The molecule has 0 saturated carbocycles. The number of anilines is 1. The zero-order valence-electron chi connectivity index (χ0n) is 11.0. The molecule has 0 aliphatic carbocycles. The first-order chi connectivity index (χ1) is 8.52. The third kappa shape index (κ3) is 2.64. The lowest BCUT2D eigenvalue weighted by Crippen LogP contribution is -2.49. The van der Waals surface area contributed by atoms with E-state index >= 15 is 0 Å². The molecule has 3 N–H and O–H groups in total. The van der Waals surface area contributed by atoms with Gasteiger partial charge in [-0.1, -0.05) is 12.1 Å². The molecule has 1 amide bonds. The summed E-state index contributed by atoms with van der Waals surface area (Å²) in [6.45, 7) is 5.35. The summed E-state index contributed by atoms with van der Waals surface area (Å²) in [6.07, 6.45) is 1.68. The Morgan fingerprint density at radius 3 is 2.67 bits per heavy atom. The molecule has 1 heterocycles. The zero-order valence-corrected chi connectivity index (χ0v) is 11.0. The highest BCUT2D eigenvalue weighted by Crippen LogP contribution is 2.22. The van der Waals surface area contributed by atoms with Crippen molar-refractivity contribution in [1.82, 2.24) is 5.32 Å². The number of carbonyl (C=O) groups is 1. The van der Waals surface area contributed by atoms with E-state index in [1.54, 1.807) is 6.07 Å². The van der Waals surface area contributed by atoms with Crippen molar-refractivity contribution in [2.45, 2.75) is 32.2 Å². The number of ether oxygens (including phenoxy) is 1. The van der Waals surface area contributed by atoms with Crippen LogP contribution in [0.3, 0.4) is 0 Å². The third-order valence-electron chi connectivity index (χ3n) is 3.54. The van der Waals surface area contributed by atoms with Crippen LogP contribution in [0.2, 0.25) is 0 Å². The average molecular weight is 248 g/mol. The summed E-state index contributed by atoms with van der Waals surface area (Å²) in [5, 5.41) is 3.09. The van der Waals surface area contributed by atoms with Gasteiger partial charge in [0, 0.05) is 24.4 Å². The summed E-state index contributed by atoms with van der Waals surface area (Å²) in [6, 6.07) is 5.52. The first-order valence-corrected chi connectivity index (χ1v) is 6.27. The molecule has 1 aromatic rings. The Morgan fingerprint density at radius 2 is 2.06 bits per heavy atom. The second kappa shape index (κ2) is 4.98. The van der Waals surface area contributed by atoms with Gasteiger partial charge in [-0.15, -0.1) is 0 Å². The second-order valence-electron chi connectivity index (χ2n) is 5.17. The molecule has 18 heavy (non-hydrogen) atoms. The molecule has 4 heteroatoms. The maximum absolute atomic E-state index is 12.3. The van der Waals surface area contributed by atoms with E-state index in [9.17, 15) is 4.79 Å². The Kier molecular flexibility index (Phi) is 3.57. The molecule has 0 aromatic heterocycles. The lowest BCUT2D eigenvalue weighted by Gasteiger charge is -2.34. The molecule has 1 fully saturated rings. The van der Waals surface area contributed by atoms with Crippen molar-refractivity contribution >= 4 is 11.6 Å². The Labute approximate surface area is 108 Å². The van der Waals surface area contributed by atoms with Crippen molar-refractivity contribution in [2.24, 2.45) is 0 Å². The van der Waals surface area contributed by atoms with Crippen molar-refractivity contribution in [3.8, 4) is 0 Å². The zero-order chi connectivity index (χ0) is 13.2. The van der Waals surface area contributed by atoms with Crippen LogP contribution in [0.5, 0.6) is 0 Å². The van der Waals surface area contributed by atoms with Crippen molar-refractivity contribution in [3.05, 3.63) is 29.3 Å². The van der Waals surface area contributed by atoms with Crippen LogP contribution >= 0.6 is 0 Å². The van der Waals surface area contributed by atoms with Crippen molar-refractivity contribution < 1.29 is 9.53 Å². The SMILES string of the molecule is Cc1cccc(N)c1C(=O)NC1(C)CCOCC1. The first-order valence-electron chi connectivity index (χ1n) is 6.27. The molecule has 0 unspecified atom stereocenters. The van der Waals surface area contributed by atoms with E-state index in [-0.39, 0.29) is 11.4 Å². The standard InChI is InChI=1S/C14H20N2O2/c1-10-4-3-5-11(15)12(10)13(17)16-14(2)6-8-18-9-7-14/h3-5H,6-9,15H2,1-2H3,(H,16,17). The van der Waals surface area contributed by atoms with Crippen LogP contribution < -0.4 is 11.1 Å². The lowest BCUT2D eigenvalue weighted by molar-refractivity contribution is 0.0423. The summed E-state index contributed by atoms with van der Waals surface area (Å²) < 4.78 is 5.32. The Bertz CT molecular complexity index is 431. The van der Waals surface area contributed by atoms with Gasteiger partial charge in [0.2, 0.25) is 0 Å². The molecule has 0 atom stereocenters. The van der Waals surface area contributed by atoms with Crippen LogP contribution in [0.1, 0.15) is 35.7 Å². The van der Waals surface area contributed by atoms with Gasteiger partial charge in [0.1, 0.15) is 0 Å². The minimum Gasteiger partial charge on any atom is -0.398 e. The van der Waals surface area contributed by atoms with Gasteiger partial charge in [-0.05, 0) is 38.3 Å².